The lowest BCUT2D eigenvalue weighted by Gasteiger charge is -2.09. The lowest BCUT2D eigenvalue weighted by molar-refractivity contribution is -0.385. The first-order chi connectivity index (χ1) is 11.8. The van der Waals surface area contributed by atoms with Crippen molar-refractivity contribution in [2.75, 3.05) is 0 Å². The van der Waals surface area contributed by atoms with E-state index in [9.17, 15) is 23.3 Å². The Morgan fingerprint density at radius 1 is 1.16 bits per heavy atom. The molecule has 0 heterocycles. The lowest BCUT2D eigenvalue weighted by atomic mass is 10.1. The van der Waals surface area contributed by atoms with Crippen molar-refractivity contribution in [1.82, 2.24) is 4.72 Å². The zero-order chi connectivity index (χ0) is 18.4. The van der Waals surface area contributed by atoms with Crippen LogP contribution in [0.1, 0.15) is 24.0 Å². The van der Waals surface area contributed by atoms with E-state index in [0.29, 0.717) is 12.8 Å². The predicted molar refractivity (Wildman–Crippen MR) is 92.5 cm³/mol. The van der Waals surface area contributed by atoms with Crippen molar-refractivity contribution in [2.45, 2.75) is 31.1 Å². The number of rotatable bonds is 7. The van der Waals surface area contributed by atoms with Crippen molar-refractivity contribution < 1.29 is 18.1 Å². The van der Waals surface area contributed by atoms with Gasteiger partial charge in [-0.15, -0.1) is 0 Å². The van der Waals surface area contributed by atoms with Crippen LogP contribution in [0.5, 0.6) is 0 Å². The summed E-state index contributed by atoms with van der Waals surface area (Å²) in [5.41, 5.74) is 1.08. The summed E-state index contributed by atoms with van der Waals surface area (Å²) in [5, 5.41) is 10.7. The summed E-state index contributed by atoms with van der Waals surface area (Å²) in [5.74, 6) is -0.603. The molecule has 1 N–H and O–H groups in total. The molecule has 0 bridgehead atoms. The Balaban J connectivity index is 1.98. The van der Waals surface area contributed by atoms with Gasteiger partial charge in [-0.25, -0.2) is 13.1 Å². The Kier molecular flexibility index (Phi) is 5.87. The second-order valence-electron chi connectivity index (χ2n) is 5.57. The fourth-order valence-corrected chi connectivity index (χ4v) is 3.64. The molecule has 0 aliphatic rings. The van der Waals surface area contributed by atoms with Crippen LogP contribution in [0.4, 0.5) is 5.69 Å². The van der Waals surface area contributed by atoms with E-state index < -0.39 is 20.9 Å². The topological polar surface area (TPSA) is 106 Å². The fraction of sp³-hybridized carbons (Fsp3) is 0.235. The largest absolute Gasteiger partial charge is 0.274 e. The van der Waals surface area contributed by atoms with Gasteiger partial charge in [-0.05, 0) is 37.0 Å². The molecule has 1 amide bonds. The minimum Gasteiger partial charge on any atom is -0.274 e. The molecule has 0 aromatic heterocycles. The third-order valence-corrected chi connectivity index (χ3v) is 5.15. The van der Waals surface area contributed by atoms with Crippen LogP contribution in [0.2, 0.25) is 0 Å². The van der Waals surface area contributed by atoms with Gasteiger partial charge >= 0.3 is 0 Å². The van der Waals surface area contributed by atoms with E-state index in [1.165, 1.54) is 6.92 Å². The molecule has 25 heavy (non-hydrogen) atoms. The molecule has 2 rings (SSSR count). The maximum absolute atomic E-state index is 12.3. The molecule has 0 fully saturated rings. The number of nitro benzene ring substituents is 1. The second kappa shape index (κ2) is 7.89. The van der Waals surface area contributed by atoms with Crippen molar-refractivity contribution in [3.05, 3.63) is 69.8 Å². The van der Waals surface area contributed by atoms with Crippen LogP contribution in [-0.2, 0) is 21.2 Å². The van der Waals surface area contributed by atoms with Crippen molar-refractivity contribution in [2.24, 2.45) is 0 Å². The first-order valence-electron chi connectivity index (χ1n) is 7.64. The van der Waals surface area contributed by atoms with E-state index in [0.717, 1.165) is 23.8 Å². The fourth-order valence-electron chi connectivity index (χ4n) is 2.40. The van der Waals surface area contributed by atoms with Crippen molar-refractivity contribution in [1.29, 1.82) is 0 Å². The van der Waals surface area contributed by atoms with Gasteiger partial charge in [-0.3, -0.25) is 14.9 Å². The number of carbonyl (C=O) groups is 1. The van der Waals surface area contributed by atoms with E-state index in [-0.39, 0.29) is 22.6 Å². The highest BCUT2D eigenvalue weighted by atomic mass is 32.2. The predicted octanol–water partition coefficient (Wildman–Crippen LogP) is 2.73. The molecule has 0 atom stereocenters. The SMILES string of the molecule is Cc1cc([N+](=O)[O-])ccc1S(=O)(=O)NC(=O)CCCc1ccccc1. The van der Waals surface area contributed by atoms with Gasteiger partial charge in [0.1, 0.15) is 0 Å². The van der Waals surface area contributed by atoms with Gasteiger partial charge in [-0.1, -0.05) is 30.3 Å². The van der Waals surface area contributed by atoms with Crippen LogP contribution in [0.25, 0.3) is 0 Å². The first kappa shape index (κ1) is 18.6. The van der Waals surface area contributed by atoms with Gasteiger partial charge in [0, 0.05) is 18.6 Å². The summed E-state index contributed by atoms with van der Waals surface area (Å²) in [6.45, 7) is 1.45. The van der Waals surface area contributed by atoms with E-state index >= 15 is 0 Å². The maximum atomic E-state index is 12.3. The van der Waals surface area contributed by atoms with Crippen LogP contribution in [0.3, 0.4) is 0 Å². The summed E-state index contributed by atoms with van der Waals surface area (Å²) in [4.78, 5) is 21.9. The summed E-state index contributed by atoms with van der Waals surface area (Å²) in [6.07, 6.45) is 1.26. The third-order valence-electron chi connectivity index (χ3n) is 3.62. The minimum absolute atomic E-state index is 0.0696. The van der Waals surface area contributed by atoms with Crippen LogP contribution in [0.15, 0.2) is 53.4 Å². The average molecular weight is 362 g/mol. The Morgan fingerprint density at radius 2 is 1.84 bits per heavy atom. The Bertz CT molecular complexity index is 879. The van der Waals surface area contributed by atoms with Crippen LogP contribution in [-0.4, -0.2) is 19.2 Å². The monoisotopic (exact) mass is 362 g/mol. The molecular formula is C17H18N2O5S. The Hall–Kier alpha value is -2.74. The van der Waals surface area contributed by atoms with Gasteiger partial charge in [0.05, 0.1) is 9.82 Å². The number of nitrogens with one attached hydrogen (secondary N) is 1. The van der Waals surface area contributed by atoms with Crippen molar-refractivity contribution in [3.8, 4) is 0 Å². The molecule has 7 nitrogen and oxygen atoms in total. The standard InChI is InChI=1S/C17H18N2O5S/c1-13-12-15(19(21)22)10-11-16(13)25(23,24)18-17(20)9-5-8-14-6-3-2-4-7-14/h2-4,6-7,10-12H,5,8-9H2,1H3,(H,18,20). The normalized spacial score (nSPS) is 11.1. The Labute approximate surface area is 145 Å². The molecule has 8 heteroatoms. The summed E-state index contributed by atoms with van der Waals surface area (Å²) in [7, 11) is -4.05. The summed E-state index contributed by atoms with van der Waals surface area (Å²) in [6, 6.07) is 13.0. The van der Waals surface area contributed by atoms with E-state index in [2.05, 4.69) is 0 Å². The van der Waals surface area contributed by atoms with Gasteiger partial charge in [0.25, 0.3) is 15.7 Å². The number of hydrogen-bond donors (Lipinski definition) is 1. The minimum atomic E-state index is -4.05. The molecule has 0 saturated carbocycles. The second-order valence-corrected chi connectivity index (χ2v) is 7.23. The number of benzene rings is 2. The number of carbonyl (C=O) groups excluding carboxylic acids is 1. The van der Waals surface area contributed by atoms with Crippen LogP contribution < -0.4 is 4.72 Å². The molecule has 0 unspecified atom stereocenters. The first-order valence-corrected chi connectivity index (χ1v) is 9.12. The van der Waals surface area contributed by atoms with Gasteiger partial charge in [0.15, 0.2) is 0 Å². The number of nitrogens with zero attached hydrogens (tertiary/aromatic N) is 1. The number of amides is 1. The number of sulfonamides is 1. The van der Waals surface area contributed by atoms with Crippen molar-refractivity contribution >= 4 is 21.6 Å². The van der Waals surface area contributed by atoms with Crippen LogP contribution in [0, 0.1) is 17.0 Å². The van der Waals surface area contributed by atoms with E-state index in [4.69, 9.17) is 0 Å². The van der Waals surface area contributed by atoms with Gasteiger partial charge in [0.2, 0.25) is 5.91 Å². The molecule has 0 radical (unpaired) electrons. The lowest BCUT2D eigenvalue weighted by Crippen LogP contribution is -2.30. The maximum Gasteiger partial charge on any atom is 0.269 e. The molecule has 0 aliphatic carbocycles. The summed E-state index contributed by atoms with van der Waals surface area (Å²) >= 11 is 0. The van der Waals surface area contributed by atoms with Crippen LogP contribution >= 0.6 is 0 Å². The molecular weight excluding hydrogens is 344 g/mol. The van der Waals surface area contributed by atoms with Gasteiger partial charge in [-0.2, -0.15) is 0 Å². The summed E-state index contributed by atoms with van der Waals surface area (Å²) < 4.78 is 26.6. The zero-order valence-corrected chi connectivity index (χ0v) is 14.5. The average Bonchev–Trinajstić information content (AvgIpc) is 2.55. The highest BCUT2D eigenvalue weighted by molar-refractivity contribution is 7.90. The third kappa shape index (κ3) is 5.12. The molecule has 2 aromatic rings. The number of non-ortho nitro benzene ring substituents is 1. The molecule has 132 valence electrons. The molecule has 0 aliphatic heterocycles. The molecule has 0 spiro atoms. The van der Waals surface area contributed by atoms with E-state index in [1.807, 2.05) is 35.1 Å². The highest BCUT2D eigenvalue weighted by Crippen LogP contribution is 2.21. The molecule has 2 aromatic carbocycles. The number of nitro groups is 1. The quantitative estimate of drug-likeness (QED) is 0.602. The Morgan fingerprint density at radius 3 is 2.44 bits per heavy atom. The van der Waals surface area contributed by atoms with Crippen molar-refractivity contribution in [3.63, 3.8) is 0 Å². The van der Waals surface area contributed by atoms with E-state index in [1.54, 1.807) is 0 Å². The smallest absolute Gasteiger partial charge is 0.269 e. The number of aryl methyl sites for hydroxylation is 2. The molecule has 0 saturated heterocycles. The highest BCUT2D eigenvalue weighted by Gasteiger charge is 2.21. The zero-order valence-electron chi connectivity index (χ0n) is 13.6. The number of hydrogen-bond acceptors (Lipinski definition) is 5. The van der Waals surface area contributed by atoms with Gasteiger partial charge < -0.3 is 0 Å².